The summed E-state index contributed by atoms with van der Waals surface area (Å²) in [4.78, 5) is 0. The molecule has 0 radical (unpaired) electrons. The summed E-state index contributed by atoms with van der Waals surface area (Å²) in [5.74, 6) is 0. The Hall–Kier alpha value is -1.09. The summed E-state index contributed by atoms with van der Waals surface area (Å²) in [6.45, 7) is 0. The Morgan fingerprint density at radius 2 is 2.36 bits per heavy atom. The maximum absolute atomic E-state index is 6.19. The van der Waals surface area contributed by atoms with Crippen molar-refractivity contribution in [2.24, 2.45) is 12.8 Å². The van der Waals surface area contributed by atoms with Crippen LogP contribution in [0.25, 0.3) is 0 Å². The summed E-state index contributed by atoms with van der Waals surface area (Å²) < 4.78 is 1.86. The van der Waals surface area contributed by atoms with Crippen LogP contribution < -0.4 is 5.73 Å². The second-order valence-corrected chi connectivity index (χ2v) is 3.88. The van der Waals surface area contributed by atoms with Crippen LogP contribution in [0.2, 0.25) is 0 Å². The van der Waals surface area contributed by atoms with Crippen LogP contribution in [-0.4, -0.2) is 9.78 Å². The van der Waals surface area contributed by atoms with Crippen molar-refractivity contribution >= 4 is 0 Å². The van der Waals surface area contributed by atoms with Gasteiger partial charge in [0.2, 0.25) is 0 Å². The van der Waals surface area contributed by atoms with Gasteiger partial charge in [0, 0.05) is 13.2 Å². The van der Waals surface area contributed by atoms with E-state index < -0.39 is 0 Å². The number of aryl methyl sites for hydroxylation is 1. The number of hydrogen-bond donors (Lipinski definition) is 1. The van der Waals surface area contributed by atoms with E-state index in [4.69, 9.17) is 5.73 Å². The second kappa shape index (κ2) is 3.96. The van der Waals surface area contributed by atoms with Crippen molar-refractivity contribution in [2.75, 3.05) is 0 Å². The fourth-order valence-corrected chi connectivity index (χ4v) is 2.02. The molecule has 1 unspecified atom stereocenters. The molecule has 3 heteroatoms. The summed E-state index contributed by atoms with van der Waals surface area (Å²) in [7, 11) is 1.94. The topological polar surface area (TPSA) is 43.8 Å². The summed E-state index contributed by atoms with van der Waals surface area (Å²) in [5, 5.41) is 4.14. The van der Waals surface area contributed by atoms with Gasteiger partial charge in [-0.3, -0.25) is 4.68 Å². The molecule has 2 rings (SSSR count). The van der Waals surface area contributed by atoms with E-state index >= 15 is 0 Å². The summed E-state index contributed by atoms with van der Waals surface area (Å²) in [6.07, 6.45) is 9.01. The monoisotopic (exact) mass is 191 g/mol. The second-order valence-electron chi connectivity index (χ2n) is 3.88. The van der Waals surface area contributed by atoms with Gasteiger partial charge in [0.25, 0.3) is 0 Å². The van der Waals surface area contributed by atoms with Crippen molar-refractivity contribution in [1.29, 1.82) is 0 Å². The van der Waals surface area contributed by atoms with Crippen LogP contribution in [0.4, 0.5) is 0 Å². The number of nitrogens with two attached hydrogens (primary N) is 1. The number of nitrogens with zero attached hydrogens (tertiary/aromatic N) is 2. The first-order valence-electron chi connectivity index (χ1n) is 5.21. The zero-order valence-corrected chi connectivity index (χ0v) is 8.61. The number of hydrogen-bond acceptors (Lipinski definition) is 2. The molecule has 0 spiro atoms. The van der Waals surface area contributed by atoms with Gasteiger partial charge in [0.1, 0.15) is 0 Å². The van der Waals surface area contributed by atoms with Crippen molar-refractivity contribution in [3.05, 3.63) is 29.6 Å². The SMILES string of the molecule is Cn1nccc1C(N)C1=CCCCC1. The zero-order valence-electron chi connectivity index (χ0n) is 8.61. The third-order valence-corrected chi connectivity index (χ3v) is 2.90. The van der Waals surface area contributed by atoms with Crippen molar-refractivity contribution in [2.45, 2.75) is 31.7 Å². The lowest BCUT2D eigenvalue weighted by atomic mass is 9.93. The molecule has 0 aromatic carbocycles. The third kappa shape index (κ3) is 1.73. The first-order valence-corrected chi connectivity index (χ1v) is 5.21. The van der Waals surface area contributed by atoms with Gasteiger partial charge >= 0.3 is 0 Å². The lowest BCUT2D eigenvalue weighted by Crippen LogP contribution is -2.18. The van der Waals surface area contributed by atoms with E-state index in [0.717, 1.165) is 12.1 Å². The summed E-state index contributed by atoms with van der Waals surface area (Å²) >= 11 is 0. The van der Waals surface area contributed by atoms with Crippen molar-refractivity contribution in [1.82, 2.24) is 9.78 Å². The van der Waals surface area contributed by atoms with Crippen LogP contribution in [-0.2, 0) is 7.05 Å². The van der Waals surface area contributed by atoms with E-state index in [1.54, 1.807) is 6.20 Å². The minimum atomic E-state index is 0.0443. The molecule has 0 amide bonds. The van der Waals surface area contributed by atoms with Crippen molar-refractivity contribution < 1.29 is 0 Å². The summed E-state index contributed by atoms with van der Waals surface area (Å²) in [6, 6.07) is 2.04. The largest absolute Gasteiger partial charge is 0.319 e. The molecule has 1 heterocycles. The minimum Gasteiger partial charge on any atom is -0.319 e. The average molecular weight is 191 g/mol. The predicted molar refractivity (Wildman–Crippen MR) is 56.7 cm³/mol. The fraction of sp³-hybridized carbons (Fsp3) is 0.545. The van der Waals surface area contributed by atoms with Gasteiger partial charge in [-0.1, -0.05) is 11.6 Å². The third-order valence-electron chi connectivity index (χ3n) is 2.90. The quantitative estimate of drug-likeness (QED) is 0.726. The van der Waals surface area contributed by atoms with Gasteiger partial charge < -0.3 is 5.73 Å². The highest BCUT2D eigenvalue weighted by Crippen LogP contribution is 2.27. The number of allylic oxidation sites excluding steroid dienone is 1. The predicted octanol–water partition coefficient (Wildman–Crippen LogP) is 1.92. The van der Waals surface area contributed by atoms with Gasteiger partial charge in [-0.05, 0) is 31.7 Å². The van der Waals surface area contributed by atoms with E-state index in [-0.39, 0.29) is 6.04 Å². The van der Waals surface area contributed by atoms with Crippen LogP contribution >= 0.6 is 0 Å². The average Bonchev–Trinajstić information content (AvgIpc) is 2.65. The minimum absolute atomic E-state index is 0.0443. The Bertz CT molecular complexity index is 338. The first kappa shape index (κ1) is 9.46. The highest BCUT2D eigenvalue weighted by molar-refractivity contribution is 5.22. The normalized spacial score (nSPS) is 19.1. The Labute approximate surface area is 84.6 Å². The first-order chi connectivity index (χ1) is 6.79. The molecule has 1 aliphatic rings. The number of aromatic nitrogens is 2. The van der Waals surface area contributed by atoms with Gasteiger partial charge in [-0.15, -0.1) is 0 Å². The van der Waals surface area contributed by atoms with E-state index in [1.165, 1.54) is 24.8 Å². The molecule has 1 aromatic heterocycles. The molecular formula is C11H17N3. The molecule has 0 saturated heterocycles. The highest BCUT2D eigenvalue weighted by atomic mass is 15.3. The fourth-order valence-electron chi connectivity index (χ4n) is 2.02. The Morgan fingerprint density at radius 1 is 1.50 bits per heavy atom. The Morgan fingerprint density at radius 3 is 2.93 bits per heavy atom. The van der Waals surface area contributed by atoms with Crippen LogP contribution in [0.3, 0.4) is 0 Å². The lowest BCUT2D eigenvalue weighted by molar-refractivity contribution is 0.609. The lowest BCUT2D eigenvalue weighted by Gasteiger charge is -2.19. The smallest absolute Gasteiger partial charge is 0.0682 e. The molecule has 1 aliphatic carbocycles. The Kier molecular flexibility index (Phi) is 2.68. The van der Waals surface area contributed by atoms with Crippen LogP contribution in [0.1, 0.15) is 37.4 Å². The van der Waals surface area contributed by atoms with E-state index in [1.807, 2.05) is 17.8 Å². The van der Waals surface area contributed by atoms with E-state index in [2.05, 4.69) is 11.2 Å². The van der Waals surface area contributed by atoms with Crippen molar-refractivity contribution in [3.8, 4) is 0 Å². The molecule has 0 saturated carbocycles. The van der Waals surface area contributed by atoms with Gasteiger partial charge in [-0.2, -0.15) is 5.10 Å². The molecule has 1 atom stereocenters. The van der Waals surface area contributed by atoms with Crippen LogP contribution in [0, 0.1) is 0 Å². The van der Waals surface area contributed by atoms with Crippen molar-refractivity contribution in [3.63, 3.8) is 0 Å². The molecule has 3 nitrogen and oxygen atoms in total. The van der Waals surface area contributed by atoms with E-state index in [9.17, 15) is 0 Å². The van der Waals surface area contributed by atoms with Gasteiger partial charge in [0.05, 0.1) is 11.7 Å². The molecule has 1 aromatic rings. The van der Waals surface area contributed by atoms with Crippen LogP contribution in [0.5, 0.6) is 0 Å². The summed E-state index contributed by atoms with van der Waals surface area (Å²) in [5.41, 5.74) is 8.67. The molecule has 0 fully saturated rings. The Balaban J connectivity index is 2.19. The maximum Gasteiger partial charge on any atom is 0.0682 e. The van der Waals surface area contributed by atoms with E-state index in [0.29, 0.717) is 0 Å². The molecule has 76 valence electrons. The molecule has 14 heavy (non-hydrogen) atoms. The zero-order chi connectivity index (χ0) is 9.97. The van der Waals surface area contributed by atoms with Gasteiger partial charge in [0.15, 0.2) is 0 Å². The van der Waals surface area contributed by atoms with Crippen LogP contribution in [0.15, 0.2) is 23.9 Å². The molecule has 0 bridgehead atoms. The maximum atomic E-state index is 6.19. The molecular weight excluding hydrogens is 174 g/mol. The standard InChI is InChI=1S/C11H17N3/c1-14-10(7-8-13-14)11(12)9-5-3-2-4-6-9/h5,7-8,11H,2-4,6,12H2,1H3. The highest BCUT2D eigenvalue weighted by Gasteiger charge is 2.16. The molecule has 2 N–H and O–H groups in total. The van der Waals surface area contributed by atoms with Gasteiger partial charge in [-0.25, -0.2) is 0 Å². The number of rotatable bonds is 2. The molecule has 0 aliphatic heterocycles.